The Morgan fingerprint density at radius 3 is 2.23 bits per heavy atom. The van der Waals surface area contributed by atoms with Gasteiger partial charge in [-0.05, 0) is 5.56 Å². The maximum Gasteiger partial charge on any atom is 0.347 e. The van der Waals surface area contributed by atoms with Crippen molar-refractivity contribution in [1.82, 2.24) is 9.55 Å². The van der Waals surface area contributed by atoms with E-state index in [0.717, 1.165) is 5.56 Å². The van der Waals surface area contributed by atoms with Crippen LogP contribution in [0.25, 0.3) is 0 Å². The Hall–Kier alpha value is -3.01. The number of hydrogen-bond donors (Lipinski definition) is 0. The van der Waals surface area contributed by atoms with Crippen molar-refractivity contribution >= 4 is 5.78 Å². The summed E-state index contributed by atoms with van der Waals surface area (Å²) < 4.78 is 1.45. The number of carbonyl (C=O) groups excluding carboxylic acids is 1. The lowest BCUT2D eigenvalue weighted by Gasteiger charge is -2.07. The highest BCUT2D eigenvalue weighted by atomic mass is 16.1. The molecule has 3 aromatic rings. The lowest BCUT2D eigenvalue weighted by atomic mass is 10.1. The first kappa shape index (κ1) is 13.9. The number of ketones is 1. The molecule has 1 heterocycles. The summed E-state index contributed by atoms with van der Waals surface area (Å²) in [4.78, 5) is 28.1. The summed E-state index contributed by atoms with van der Waals surface area (Å²) in [6.07, 6.45) is 2.90. The van der Waals surface area contributed by atoms with E-state index in [1.807, 2.05) is 36.4 Å². The van der Waals surface area contributed by atoms with Crippen LogP contribution >= 0.6 is 0 Å². The molecular formula is C18H14N2O2. The second-order valence-electron chi connectivity index (χ2n) is 4.93. The van der Waals surface area contributed by atoms with Gasteiger partial charge in [-0.2, -0.15) is 0 Å². The minimum atomic E-state index is -0.367. The van der Waals surface area contributed by atoms with Crippen LogP contribution in [0.2, 0.25) is 0 Å². The van der Waals surface area contributed by atoms with Gasteiger partial charge in [-0.1, -0.05) is 60.7 Å². The standard InChI is InChI=1S/C18H14N2O2/c21-17(15-9-5-2-6-10-15)16-11-19-18(22)20(13-16)12-14-7-3-1-4-8-14/h1-11,13H,12H2. The molecule has 0 N–H and O–H groups in total. The van der Waals surface area contributed by atoms with Crippen molar-refractivity contribution < 1.29 is 4.79 Å². The zero-order chi connectivity index (χ0) is 15.4. The van der Waals surface area contributed by atoms with Gasteiger partial charge < -0.3 is 0 Å². The first-order valence-electron chi connectivity index (χ1n) is 6.94. The third-order valence-corrected chi connectivity index (χ3v) is 3.35. The predicted octanol–water partition coefficient (Wildman–Crippen LogP) is 2.52. The highest BCUT2D eigenvalue weighted by Gasteiger charge is 2.11. The average Bonchev–Trinajstić information content (AvgIpc) is 2.58. The molecule has 0 atom stereocenters. The Kier molecular flexibility index (Phi) is 3.92. The summed E-state index contributed by atoms with van der Waals surface area (Å²) in [5.74, 6) is -0.144. The van der Waals surface area contributed by atoms with E-state index in [4.69, 9.17) is 0 Å². The van der Waals surface area contributed by atoms with Gasteiger partial charge in [0.2, 0.25) is 0 Å². The van der Waals surface area contributed by atoms with Crippen molar-refractivity contribution in [3.8, 4) is 0 Å². The molecule has 0 fully saturated rings. The molecule has 0 aliphatic rings. The molecule has 1 aromatic heterocycles. The zero-order valence-electron chi connectivity index (χ0n) is 11.8. The Balaban J connectivity index is 1.93. The molecule has 0 unspecified atom stereocenters. The van der Waals surface area contributed by atoms with Crippen LogP contribution in [0, 0.1) is 0 Å². The van der Waals surface area contributed by atoms with Gasteiger partial charge in [-0.25, -0.2) is 9.78 Å². The second kappa shape index (κ2) is 6.18. The Morgan fingerprint density at radius 2 is 1.55 bits per heavy atom. The maximum atomic E-state index is 12.4. The molecule has 4 heteroatoms. The minimum Gasteiger partial charge on any atom is -0.294 e. The predicted molar refractivity (Wildman–Crippen MR) is 83.9 cm³/mol. The smallest absolute Gasteiger partial charge is 0.294 e. The molecule has 0 saturated heterocycles. The van der Waals surface area contributed by atoms with E-state index in [1.54, 1.807) is 30.5 Å². The van der Waals surface area contributed by atoms with E-state index in [0.29, 0.717) is 17.7 Å². The molecule has 0 radical (unpaired) electrons. The van der Waals surface area contributed by atoms with Crippen LogP contribution < -0.4 is 5.69 Å². The fourth-order valence-electron chi connectivity index (χ4n) is 2.22. The highest BCUT2D eigenvalue weighted by Crippen LogP contribution is 2.08. The SMILES string of the molecule is O=C(c1ccccc1)c1cnc(=O)n(Cc2ccccc2)c1. The van der Waals surface area contributed by atoms with Crippen molar-refractivity contribution in [3.05, 3.63) is 100 Å². The third kappa shape index (κ3) is 3.01. The van der Waals surface area contributed by atoms with Gasteiger partial charge in [0.25, 0.3) is 0 Å². The van der Waals surface area contributed by atoms with Gasteiger partial charge in [0, 0.05) is 18.0 Å². The molecule has 0 saturated carbocycles. The van der Waals surface area contributed by atoms with E-state index in [-0.39, 0.29) is 11.5 Å². The number of nitrogens with zero attached hydrogens (tertiary/aromatic N) is 2. The van der Waals surface area contributed by atoms with E-state index in [1.165, 1.54) is 10.8 Å². The van der Waals surface area contributed by atoms with E-state index in [2.05, 4.69) is 4.98 Å². The fraction of sp³-hybridized carbons (Fsp3) is 0.0556. The van der Waals surface area contributed by atoms with Crippen molar-refractivity contribution in [2.24, 2.45) is 0 Å². The van der Waals surface area contributed by atoms with Gasteiger partial charge in [0.15, 0.2) is 5.78 Å². The van der Waals surface area contributed by atoms with Gasteiger partial charge in [0.05, 0.1) is 12.1 Å². The van der Waals surface area contributed by atoms with Crippen LogP contribution in [-0.2, 0) is 6.54 Å². The molecule has 108 valence electrons. The van der Waals surface area contributed by atoms with Crippen molar-refractivity contribution in [3.63, 3.8) is 0 Å². The summed E-state index contributed by atoms with van der Waals surface area (Å²) in [5.41, 5.74) is 1.60. The summed E-state index contributed by atoms with van der Waals surface area (Å²) >= 11 is 0. The molecule has 4 nitrogen and oxygen atoms in total. The van der Waals surface area contributed by atoms with Crippen LogP contribution in [-0.4, -0.2) is 15.3 Å². The van der Waals surface area contributed by atoms with Crippen molar-refractivity contribution in [2.75, 3.05) is 0 Å². The maximum absolute atomic E-state index is 12.4. The molecule has 0 bridgehead atoms. The quantitative estimate of drug-likeness (QED) is 0.694. The topological polar surface area (TPSA) is 52.0 Å². The largest absolute Gasteiger partial charge is 0.347 e. The first-order valence-corrected chi connectivity index (χ1v) is 6.94. The molecule has 22 heavy (non-hydrogen) atoms. The summed E-state index contributed by atoms with van der Waals surface area (Å²) in [7, 11) is 0. The molecule has 3 rings (SSSR count). The fourth-order valence-corrected chi connectivity index (χ4v) is 2.22. The highest BCUT2D eigenvalue weighted by molar-refractivity contribution is 6.08. The number of carbonyl (C=O) groups is 1. The first-order chi connectivity index (χ1) is 10.7. The molecule has 0 amide bonds. The van der Waals surface area contributed by atoms with Crippen LogP contribution in [0.15, 0.2) is 77.9 Å². The van der Waals surface area contributed by atoms with Crippen molar-refractivity contribution in [2.45, 2.75) is 6.54 Å². The Morgan fingerprint density at radius 1 is 0.909 bits per heavy atom. The lowest BCUT2D eigenvalue weighted by molar-refractivity contribution is 0.103. The summed E-state index contributed by atoms with van der Waals surface area (Å²) in [6.45, 7) is 0.391. The minimum absolute atomic E-state index is 0.144. The summed E-state index contributed by atoms with van der Waals surface area (Å²) in [6, 6.07) is 18.5. The number of hydrogen-bond acceptors (Lipinski definition) is 3. The molecular weight excluding hydrogens is 276 g/mol. The van der Waals surface area contributed by atoms with Gasteiger partial charge in [0.1, 0.15) is 0 Å². The van der Waals surface area contributed by atoms with E-state index < -0.39 is 0 Å². The molecule has 0 aliphatic heterocycles. The van der Waals surface area contributed by atoms with Crippen molar-refractivity contribution in [1.29, 1.82) is 0 Å². The van der Waals surface area contributed by atoms with Gasteiger partial charge >= 0.3 is 5.69 Å². The molecule has 0 spiro atoms. The Bertz CT molecular complexity index is 840. The molecule has 0 aliphatic carbocycles. The van der Waals surface area contributed by atoms with Crippen LogP contribution in [0.1, 0.15) is 21.5 Å². The van der Waals surface area contributed by atoms with Gasteiger partial charge in [-0.15, -0.1) is 0 Å². The molecule has 2 aromatic carbocycles. The average molecular weight is 290 g/mol. The monoisotopic (exact) mass is 290 g/mol. The number of aromatic nitrogens is 2. The van der Waals surface area contributed by atoms with Gasteiger partial charge in [-0.3, -0.25) is 9.36 Å². The van der Waals surface area contributed by atoms with Crippen LogP contribution in [0.3, 0.4) is 0 Å². The van der Waals surface area contributed by atoms with E-state index >= 15 is 0 Å². The zero-order valence-corrected chi connectivity index (χ0v) is 11.8. The lowest BCUT2D eigenvalue weighted by Crippen LogP contribution is -2.24. The van der Waals surface area contributed by atoms with E-state index in [9.17, 15) is 9.59 Å². The normalized spacial score (nSPS) is 10.4. The third-order valence-electron chi connectivity index (χ3n) is 3.35. The Labute approximate surface area is 127 Å². The van der Waals surface area contributed by atoms with Crippen LogP contribution in [0.5, 0.6) is 0 Å². The van der Waals surface area contributed by atoms with Crippen LogP contribution in [0.4, 0.5) is 0 Å². The second-order valence-corrected chi connectivity index (χ2v) is 4.93. The number of benzene rings is 2. The summed E-state index contributed by atoms with van der Waals surface area (Å²) in [5, 5.41) is 0. The number of rotatable bonds is 4.